The summed E-state index contributed by atoms with van der Waals surface area (Å²) in [6.07, 6.45) is 2.55. The summed E-state index contributed by atoms with van der Waals surface area (Å²) < 4.78 is 5.85. The third-order valence-electron chi connectivity index (χ3n) is 5.54. The van der Waals surface area contributed by atoms with Crippen LogP contribution in [0.4, 0.5) is 5.69 Å². The highest BCUT2D eigenvalue weighted by Gasteiger charge is 2.22. The summed E-state index contributed by atoms with van der Waals surface area (Å²) in [6, 6.07) is 15.7. The van der Waals surface area contributed by atoms with Gasteiger partial charge in [-0.3, -0.25) is 4.79 Å². The van der Waals surface area contributed by atoms with Crippen molar-refractivity contribution in [2.75, 3.05) is 18.0 Å². The fourth-order valence-electron chi connectivity index (χ4n) is 3.80. The molecule has 156 valence electrons. The SMILES string of the molecule is CC[C@H](Oc1ccccc1Cl)C(=O)N[C@H](C)c1ccc(N2CCC[C@H](C)C2)cc1. The van der Waals surface area contributed by atoms with Crippen LogP contribution in [0.1, 0.15) is 51.6 Å². The number of nitrogens with one attached hydrogen (secondary N) is 1. The fraction of sp³-hybridized carbons (Fsp3) is 0.458. The van der Waals surface area contributed by atoms with Gasteiger partial charge in [0, 0.05) is 18.8 Å². The Bertz CT molecular complexity index is 809. The number of carbonyl (C=O) groups excluding carboxylic acids is 1. The second-order valence-corrected chi connectivity index (χ2v) is 8.37. The van der Waals surface area contributed by atoms with E-state index >= 15 is 0 Å². The van der Waals surface area contributed by atoms with Crippen LogP contribution in [0, 0.1) is 5.92 Å². The molecule has 2 aromatic rings. The number of carbonyl (C=O) groups is 1. The quantitative estimate of drug-likeness (QED) is 0.640. The first-order valence-electron chi connectivity index (χ1n) is 10.5. The first kappa shape index (κ1) is 21.5. The Morgan fingerprint density at radius 1 is 1.24 bits per heavy atom. The zero-order valence-electron chi connectivity index (χ0n) is 17.5. The van der Waals surface area contributed by atoms with Gasteiger partial charge in [0.1, 0.15) is 5.75 Å². The predicted octanol–water partition coefficient (Wildman–Crippen LogP) is 5.61. The van der Waals surface area contributed by atoms with Crippen LogP contribution in [0.2, 0.25) is 5.02 Å². The lowest BCUT2D eigenvalue weighted by atomic mass is 9.99. The molecule has 0 aliphatic carbocycles. The summed E-state index contributed by atoms with van der Waals surface area (Å²) >= 11 is 6.16. The van der Waals surface area contributed by atoms with Gasteiger partial charge >= 0.3 is 0 Å². The third-order valence-corrected chi connectivity index (χ3v) is 5.86. The number of hydrogen-bond donors (Lipinski definition) is 1. The maximum absolute atomic E-state index is 12.7. The molecular formula is C24H31ClN2O2. The van der Waals surface area contributed by atoms with Gasteiger partial charge in [0.15, 0.2) is 6.10 Å². The van der Waals surface area contributed by atoms with Crippen LogP contribution in [-0.4, -0.2) is 25.1 Å². The smallest absolute Gasteiger partial charge is 0.261 e. The van der Waals surface area contributed by atoms with Gasteiger partial charge in [-0.25, -0.2) is 0 Å². The van der Waals surface area contributed by atoms with Gasteiger partial charge in [-0.15, -0.1) is 0 Å². The average molecular weight is 415 g/mol. The predicted molar refractivity (Wildman–Crippen MR) is 120 cm³/mol. The minimum atomic E-state index is -0.577. The standard InChI is InChI=1S/C24H31ClN2O2/c1-4-22(29-23-10-6-5-9-21(23)25)24(28)26-18(3)19-11-13-20(14-12-19)27-15-7-8-17(2)16-27/h5-6,9-14,17-18,22H,4,7-8,15-16H2,1-3H3,(H,26,28)/t17-,18+,22-/m0/s1. The van der Waals surface area contributed by atoms with E-state index in [1.807, 2.05) is 26.0 Å². The highest BCUT2D eigenvalue weighted by Crippen LogP contribution is 2.26. The number of nitrogens with zero attached hydrogens (tertiary/aromatic N) is 1. The summed E-state index contributed by atoms with van der Waals surface area (Å²) in [5, 5.41) is 3.58. The topological polar surface area (TPSA) is 41.6 Å². The van der Waals surface area contributed by atoms with Crippen molar-refractivity contribution in [2.24, 2.45) is 5.92 Å². The molecule has 5 heteroatoms. The first-order valence-corrected chi connectivity index (χ1v) is 10.9. The van der Waals surface area contributed by atoms with Gasteiger partial charge in [0.25, 0.3) is 5.91 Å². The molecule has 1 aliphatic rings. The Hall–Kier alpha value is -2.20. The number of benzene rings is 2. The molecule has 0 aromatic heterocycles. The van der Waals surface area contributed by atoms with Crippen LogP contribution >= 0.6 is 11.6 Å². The second kappa shape index (κ2) is 10.0. The highest BCUT2D eigenvalue weighted by atomic mass is 35.5. The number of amides is 1. The van der Waals surface area contributed by atoms with Crippen molar-refractivity contribution in [3.8, 4) is 5.75 Å². The Morgan fingerprint density at radius 2 is 1.97 bits per heavy atom. The molecule has 0 saturated carbocycles. The molecular weight excluding hydrogens is 384 g/mol. The van der Waals surface area contributed by atoms with Crippen LogP contribution in [0.25, 0.3) is 0 Å². The van der Waals surface area contributed by atoms with Gasteiger partial charge < -0.3 is 15.0 Å². The van der Waals surface area contributed by atoms with Gasteiger partial charge in [-0.1, -0.05) is 49.7 Å². The Kier molecular flexibility index (Phi) is 7.43. The normalized spacial score (nSPS) is 18.8. The van der Waals surface area contributed by atoms with Crippen LogP contribution in [0.15, 0.2) is 48.5 Å². The molecule has 29 heavy (non-hydrogen) atoms. The van der Waals surface area contributed by atoms with Crippen LogP contribution in [0.5, 0.6) is 5.75 Å². The molecule has 1 aliphatic heterocycles. The molecule has 2 aromatic carbocycles. The number of ether oxygens (including phenoxy) is 1. The summed E-state index contributed by atoms with van der Waals surface area (Å²) in [5.41, 5.74) is 2.34. The molecule has 1 N–H and O–H groups in total. The maximum atomic E-state index is 12.7. The van der Waals surface area contributed by atoms with Crippen molar-refractivity contribution in [2.45, 2.75) is 52.2 Å². The Morgan fingerprint density at radius 3 is 2.62 bits per heavy atom. The molecule has 1 fully saturated rings. The number of anilines is 1. The van der Waals surface area contributed by atoms with Crippen LogP contribution < -0.4 is 15.0 Å². The monoisotopic (exact) mass is 414 g/mol. The van der Waals surface area contributed by atoms with Gasteiger partial charge in [-0.05, 0) is 61.9 Å². The lowest BCUT2D eigenvalue weighted by Gasteiger charge is -2.33. The lowest BCUT2D eigenvalue weighted by molar-refractivity contribution is -0.128. The zero-order valence-corrected chi connectivity index (χ0v) is 18.3. The van der Waals surface area contributed by atoms with Crippen molar-refractivity contribution in [3.63, 3.8) is 0 Å². The van der Waals surface area contributed by atoms with E-state index in [4.69, 9.17) is 16.3 Å². The van der Waals surface area contributed by atoms with Crippen molar-refractivity contribution in [1.29, 1.82) is 0 Å². The molecule has 4 nitrogen and oxygen atoms in total. The number of halogens is 1. The highest BCUT2D eigenvalue weighted by molar-refractivity contribution is 6.32. The minimum Gasteiger partial charge on any atom is -0.479 e. The summed E-state index contributed by atoms with van der Waals surface area (Å²) in [7, 11) is 0. The van der Waals surface area contributed by atoms with E-state index in [2.05, 4.69) is 41.4 Å². The molecule has 1 amide bonds. The van der Waals surface area contributed by atoms with E-state index in [9.17, 15) is 4.79 Å². The van der Waals surface area contributed by atoms with Gasteiger partial charge in [-0.2, -0.15) is 0 Å². The van der Waals surface area contributed by atoms with E-state index in [1.165, 1.54) is 18.5 Å². The van der Waals surface area contributed by atoms with E-state index < -0.39 is 6.10 Å². The molecule has 1 heterocycles. The summed E-state index contributed by atoms with van der Waals surface area (Å²) in [5.74, 6) is 1.14. The second-order valence-electron chi connectivity index (χ2n) is 7.96. The largest absolute Gasteiger partial charge is 0.479 e. The Balaban J connectivity index is 1.60. The molecule has 0 unspecified atom stereocenters. The van der Waals surface area contributed by atoms with Crippen LogP contribution in [-0.2, 0) is 4.79 Å². The lowest BCUT2D eigenvalue weighted by Crippen LogP contribution is -2.39. The summed E-state index contributed by atoms with van der Waals surface area (Å²) in [6.45, 7) is 8.47. The molecule has 0 radical (unpaired) electrons. The van der Waals surface area contributed by atoms with Crippen molar-refractivity contribution < 1.29 is 9.53 Å². The molecule has 3 rings (SSSR count). The van der Waals surface area contributed by atoms with E-state index in [0.29, 0.717) is 17.2 Å². The number of rotatable bonds is 7. The Labute approximate surface area is 179 Å². The molecule has 0 bridgehead atoms. The summed E-state index contributed by atoms with van der Waals surface area (Å²) in [4.78, 5) is 15.2. The van der Waals surface area contributed by atoms with Crippen molar-refractivity contribution in [3.05, 3.63) is 59.1 Å². The molecule has 1 saturated heterocycles. The molecule has 3 atom stereocenters. The van der Waals surface area contributed by atoms with Gasteiger partial charge in [0.2, 0.25) is 0 Å². The van der Waals surface area contributed by atoms with Crippen molar-refractivity contribution in [1.82, 2.24) is 5.32 Å². The van der Waals surface area contributed by atoms with Crippen molar-refractivity contribution >= 4 is 23.2 Å². The first-order chi connectivity index (χ1) is 14.0. The number of piperidine rings is 1. The van der Waals surface area contributed by atoms with Crippen LogP contribution in [0.3, 0.4) is 0 Å². The third kappa shape index (κ3) is 5.66. The fourth-order valence-corrected chi connectivity index (χ4v) is 3.98. The maximum Gasteiger partial charge on any atom is 0.261 e. The zero-order chi connectivity index (χ0) is 20.8. The van der Waals surface area contributed by atoms with Gasteiger partial charge in [0.05, 0.1) is 11.1 Å². The van der Waals surface area contributed by atoms with E-state index in [0.717, 1.165) is 24.6 Å². The average Bonchev–Trinajstić information content (AvgIpc) is 2.73. The number of para-hydroxylation sites is 1. The number of hydrogen-bond acceptors (Lipinski definition) is 3. The molecule has 0 spiro atoms. The van der Waals surface area contributed by atoms with E-state index in [1.54, 1.807) is 12.1 Å². The van der Waals surface area contributed by atoms with E-state index in [-0.39, 0.29) is 11.9 Å². The minimum absolute atomic E-state index is 0.0966.